The van der Waals surface area contributed by atoms with E-state index in [1.807, 2.05) is 0 Å². The van der Waals surface area contributed by atoms with Crippen LogP contribution >= 0.6 is 0 Å². The summed E-state index contributed by atoms with van der Waals surface area (Å²) in [7, 11) is 0. The van der Waals surface area contributed by atoms with Gasteiger partial charge in [-0.15, -0.1) is 0 Å². The third-order valence-electron chi connectivity index (χ3n) is 11.3. The Balaban J connectivity index is 2.04. The molecule has 7 nitrogen and oxygen atoms in total. The van der Waals surface area contributed by atoms with E-state index in [2.05, 4.69) is 67.4 Å². The first-order valence-corrected chi connectivity index (χ1v) is 25.6. The number of allylic oxidation sites excluding steroid dienone is 8. The largest absolute Gasteiger partial charge is 0.462 e. The molecule has 0 N–H and O–H groups in total. The Morgan fingerprint density at radius 3 is 1.28 bits per heavy atom. The van der Waals surface area contributed by atoms with Gasteiger partial charge < -0.3 is 28.6 Å². The van der Waals surface area contributed by atoms with Gasteiger partial charge in [0.2, 0.25) is 0 Å². The molecule has 0 radical (unpaired) electrons. The van der Waals surface area contributed by atoms with E-state index in [-0.39, 0.29) is 12.1 Å². The van der Waals surface area contributed by atoms with Crippen LogP contribution in [-0.2, 0) is 28.5 Å². The number of carbonyl (C=O) groups excluding carboxylic acids is 1. The van der Waals surface area contributed by atoms with Gasteiger partial charge in [-0.25, -0.2) is 0 Å². The van der Waals surface area contributed by atoms with Gasteiger partial charge in [0.05, 0.1) is 0 Å². The molecule has 1 rings (SSSR count). The summed E-state index contributed by atoms with van der Waals surface area (Å²) < 4.78 is 29.0. The first kappa shape index (κ1) is 56.2. The van der Waals surface area contributed by atoms with Crippen LogP contribution in [0.4, 0.5) is 0 Å². The number of ether oxygens (including phenoxy) is 5. The predicted molar refractivity (Wildman–Crippen MR) is 256 cm³/mol. The average molecular weight is 844 g/mol. The molecule has 0 atom stereocenters. The van der Waals surface area contributed by atoms with Crippen molar-refractivity contribution in [1.29, 1.82) is 0 Å². The Labute approximate surface area is 371 Å². The topological polar surface area (TPSA) is 66.5 Å². The Morgan fingerprint density at radius 1 is 0.467 bits per heavy atom. The van der Waals surface area contributed by atoms with Gasteiger partial charge in [-0.3, -0.25) is 4.79 Å². The molecule has 60 heavy (non-hydrogen) atoms. The normalized spacial score (nSPS) is 14.3. The Hall–Kier alpha value is -1.77. The van der Waals surface area contributed by atoms with E-state index in [0.29, 0.717) is 33.2 Å². The summed E-state index contributed by atoms with van der Waals surface area (Å²) in [5.74, 6) is -0.0747. The molecule has 350 valence electrons. The maximum atomic E-state index is 12.7. The molecule has 0 aromatic carbocycles. The molecule has 1 fully saturated rings. The standard InChI is InChI=1S/C53H97NO6/c1-3-5-7-9-11-13-15-17-19-21-23-25-27-29-31-35-46-56-50-58-48-38-40-52(60-53(55)42-37-45-54-43-33-34-44-54)41-39-49-59-51-57-47-36-32-30-28-26-24-22-20-18-16-14-12-10-8-6-4-2/h11-14,17-20,52H,3-10,15-16,21-51H2,1-2H3. The van der Waals surface area contributed by atoms with Crippen molar-refractivity contribution in [2.75, 3.05) is 59.6 Å². The summed E-state index contributed by atoms with van der Waals surface area (Å²) in [5.41, 5.74) is 0. The summed E-state index contributed by atoms with van der Waals surface area (Å²) in [6.07, 6.45) is 55.7. The van der Waals surface area contributed by atoms with Crippen LogP contribution in [0, 0.1) is 0 Å². The van der Waals surface area contributed by atoms with Crippen molar-refractivity contribution in [2.24, 2.45) is 0 Å². The van der Waals surface area contributed by atoms with Crippen molar-refractivity contribution >= 4 is 5.97 Å². The minimum absolute atomic E-state index is 0.0747. The van der Waals surface area contributed by atoms with Crippen molar-refractivity contribution in [3.05, 3.63) is 48.6 Å². The van der Waals surface area contributed by atoms with Crippen LogP contribution in [0.1, 0.15) is 219 Å². The van der Waals surface area contributed by atoms with Gasteiger partial charge in [0, 0.05) is 32.8 Å². The SMILES string of the molecule is CCCCCC=CCC=CCCCCCCCCOCOCCCC(CCCOCOCCCCCCCCC=CCC=CCCCCC)OC(=O)CCCN1CCCC1. The fourth-order valence-corrected chi connectivity index (χ4v) is 7.52. The highest BCUT2D eigenvalue weighted by molar-refractivity contribution is 5.69. The van der Waals surface area contributed by atoms with Crippen molar-refractivity contribution in [3.63, 3.8) is 0 Å². The monoisotopic (exact) mass is 844 g/mol. The second-order valence-corrected chi connectivity index (χ2v) is 17.1. The third-order valence-corrected chi connectivity index (χ3v) is 11.3. The highest BCUT2D eigenvalue weighted by Crippen LogP contribution is 2.15. The zero-order chi connectivity index (χ0) is 42.9. The number of likely N-dealkylation sites (tertiary alicyclic amines) is 1. The van der Waals surface area contributed by atoms with Crippen molar-refractivity contribution in [1.82, 2.24) is 4.90 Å². The molecule has 1 heterocycles. The molecule has 0 aromatic heterocycles. The first-order valence-electron chi connectivity index (χ1n) is 25.6. The summed E-state index contributed by atoms with van der Waals surface area (Å²) in [5, 5.41) is 0. The fourth-order valence-electron chi connectivity index (χ4n) is 7.52. The maximum absolute atomic E-state index is 12.7. The zero-order valence-electron chi connectivity index (χ0n) is 39.6. The van der Waals surface area contributed by atoms with Gasteiger partial charge in [-0.2, -0.15) is 0 Å². The van der Waals surface area contributed by atoms with E-state index < -0.39 is 0 Å². The van der Waals surface area contributed by atoms with Crippen molar-refractivity contribution < 1.29 is 28.5 Å². The van der Waals surface area contributed by atoms with Gasteiger partial charge >= 0.3 is 5.97 Å². The molecule has 0 amide bonds. The summed E-state index contributed by atoms with van der Waals surface area (Å²) in [4.78, 5) is 15.2. The molecule has 0 aliphatic carbocycles. The number of esters is 1. The zero-order valence-corrected chi connectivity index (χ0v) is 39.6. The third kappa shape index (κ3) is 42.9. The number of unbranched alkanes of at least 4 members (excludes halogenated alkanes) is 18. The summed E-state index contributed by atoms with van der Waals surface area (Å²) in [6, 6.07) is 0. The Bertz CT molecular complexity index is 930. The average Bonchev–Trinajstić information content (AvgIpc) is 3.78. The lowest BCUT2D eigenvalue weighted by molar-refractivity contribution is -0.150. The molecule has 0 saturated carbocycles. The van der Waals surface area contributed by atoms with E-state index >= 15 is 0 Å². The molecule has 0 unspecified atom stereocenters. The summed E-state index contributed by atoms with van der Waals surface area (Å²) >= 11 is 0. The molecular formula is C53H97NO6. The molecule has 0 aromatic rings. The molecule has 1 aliphatic rings. The van der Waals surface area contributed by atoms with E-state index in [4.69, 9.17) is 23.7 Å². The lowest BCUT2D eigenvalue weighted by Gasteiger charge is -2.19. The minimum atomic E-state index is -0.102. The van der Waals surface area contributed by atoms with E-state index in [9.17, 15) is 4.79 Å². The molecule has 1 aliphatic heterocycles. The lowest BCUT2D eigenvalue weighted by atomic mass is 10.1. The van der Waals surface area contributed by atoms with Gasteiger partial charge in [0.1, 0.15) is 19.7 Å². The van der Waals surface area contributed by atoms with E-state index in [1.54, 1.807) is 0 Å². The van der Waals surface area contributed by atoms with Gasteiger partial charge in [-0.05, 0) is 142 Å². The number of hydrogen-bond acceptors (Lipinski definition) is 7. The van der Waals surface area contributed by atoms with Gasteiger partial charge in [-0.1, -0.05) is 140 Å². The minimum Gasteiger partial charge on any atom is -0.462 e. The van der Waals surface area contributed by atoms with Gasteiger partial charge in [0.25, 0.3) is 0 Å². The van der Waals surface area contributed by atoms with Gasteiger partial charge in [0.15, 0.2) is 0 Å². The number of carbonyl (C=O) groups is 1. The smallest absolute Gasteiger partial charge is 0.306 e. The van der Waals surface area contributed by atoms with Crippen LogP contribution in [-0.4, -0.2) is 76.6 Å². The van der Waals surface area contributed by atoms with Crippen LogP contribution < -0.4 is 0 Å². The Kier molecular flexibility index (Phi) is 45.2. The van der Waals surface area contributed by atoms with Crippen LogP contribution in [0.15, 0.2) is 48.6 Å². The molecule has 0 bridgehead atoms. The van der Waals surface area contributed by atoms with Crippen molar-refractivity contribution in [3.8, 4) is 0 Å². The predicted octanol–water partition coefficient (Wildman–Crippen LogP) is 14.9. The van der Waals surface area contributed by atoms with Crippen molar-refractivity contribution in [2.45, 2.75) is 225 Å². The highest BCUT2D eigenvalue weighted by Gasteiger charge is 2.16. The van der Waals surface area contributed by atoms with Crippen LogP contribution in [0.3, 0.4) is 0 Å². The number of nitrogens with zero attached hydrogens (tertiary/aromatic N) is 1. The highest BCUT2D eigenvalue weighted by atomic mass is 16.7. The molecular weight excluding hydrogens is 747 g/mol. The summed E-state index contributed by atoms with van der Waals surface area (Å²) in [6.45, 7) is 11.3. The second kappa shape index (κ2) is 48.3. The fraction of sp³-hybridized carbons (Fsp3) is 0.830. The molecule has 0 spiro atoms. The van der Waals surface area contributed by atoms with E-state index in [1.165, 1.54) is 141 Å². The Morgan fingerprint density at radius 2 is 0.850 bits per heavy atom. The van der Waals surface area contributed by atoms with Crippen LogP contribution in [0.2, 0.25) is 0 Å². The molecule has 1 saturated heterocycles. The van der Waals surface area contributed by atoms with Crippen LogP contribution in [0.5, 0.6) is 0 Å². The lowest BCUT2D eigenvalue weighted by Crippen LogP contribution is -2.23. The number of hydrogen-bond donors (Lipinski definition) is 0. The number of rotatable bonds is 47. The van der Waals surface area contributed by atoms with E-state index in [0.717, 1.165) is 90.6 Å². The maximum Gasteiger partial charge on any atom is 0.306 e. The molecule has 7 heteroatoms. The quantitative estimate of drug-likeness (QED) is 0.0262. The first-order chi connectivity index (χ1) is 29.8. The van der Waals surface area contributed by atoms with Crippen LogP contribution in [0.25, 0.3) is 0 Å². The second-order valence-electron chi connectivity index (χ2n) is 17.1.